The lowest BCUT2D eigenvalue weighted by Crippen LogP contribution is -2.45. The maximum Gasteiger partial charge on any atom is 0.0372 e. The lowest BCUT2D eigenvalue weighted by molar-refractivity contribution is 0.0765. The van der Waals surface area contributed by atoms with E-state index >= 15 is 0 Å². The second-order valence-electron chi connectivity index (χ2n) is 7.46. The number of hydrogen-bond donors (Lipinski definition) is 1. The predicted molar refractivity (Wildman–Crippen MR) is 88.6 cm³/mol. The molecule has 3 unspecified atom stereocenters. The lowest BCUT2D eigenvalue weighted by Gasteiger charge is -2.42. The van der Waals surface area contributed by atoms with Crippen LogP contribution in [0.3, 0.4) is 0 Å². The molecule has 1 aromatic rings. The van der Waals surface area contributed by atoms with Gasteiger partial charge in [0.05, 0.1) is 0 Å². The molecule has 1 saturated heterocycles. The van der Waals surface area contributed by atoms with Crippen molar-refractivity contribution < 1.29 is 0 Å². The molecule has 3 aliphatic rings. The Morgan fingerprint density at radius 3 is 2.86 bits per heavy atom. The summed E-state index contributed by atoms with van der Waals surface area (Å²) in [5.41, 5.74) is 2.88. The van der Waals surface area contributed by atoms with Gasteiger partial charge in [-0.25, -0.2) is 0 Å². The molecule has 0 amide bonds. The minimum Gasteiger partial charge on any atom is -0.384 e. The van der Waals surface area contributed by atoms with Crippen LogP contribution in [-0.2, 0) is 6.42 Å². The summed E-state index contributed by atoms with van der Waals surface area (Å²) in [7, 11) is 0. The molecule has 114 valence electrons. The summed E-state index contributed by atoms with van der Waals surface area (Å²) < 4.78 is 0. The number of likely N-dealkylation sites (tertiary alicyclic amines) is 1. The van der Waals surface area contributed by atoms with Crippen LogP contribution in [-0.4, -0.2) is 31.1 Å². The Balaban J connectivity index is 1.35. The van der Waals surface area contributed by atoms with E-state index in [4.69, 9.17) is 0 Å². The van der Waals surface area contributed by atoms with Gasteiger partial charge in [0.25, 0.3) is 0 Å². The first-order valence-corrected chi connectivity index (χ1v) is 8.92. The van der Waals surface area contributed by atoms with Gasteiger partial charge in [-0.05, 0) is 55.2 Å². The van der Waals surface area contributed by atoms with E-state index in [0.717, 1.165) is 24.3 Å². The van der Waals surface area contributed by atoms with Crippen molar-refractivity contribution in [2.45, 2.75) is 38.5 Å². The summed E-state index contributed by atoms with van der Waals surface area (Å²) in [4.78, 5) is 2.77. The highest BCUT2D eigenvalue weighted by molar-refractivity contribution is 5.53. The number of fused-ring (bicyclic) bond motifs is 2. The van der Waals surface area contributed by atoms with Crippen molar-refractivity contribution in [2.75, 3.05) is 31.5 Å². The second-order valence-corrected chi connectivity index (χ2v) is 7.46. The van der Waals surface area contributed by atoms with Gasteiger partial charge in [-0.3, -0.25) is 0 Å². The summed E-state index contributed by atoms with van der Waals surface area (Å²) in [5.74, 6) is 2.86. The Morgan fingerprint density at radius 1 is 1.05 bits per heavy atom. The Bertz CT molecular complexity index is 484. The molecule has 0 spiro atoms. The fourth-order valence-electron chi connectivity index (χ4n) is 4.84. The van der Waals surface area contributed by atoms with Crippen molar-refractivity contribution >= 4 is 5.69 Å². The molecule has 2 fully saturated rings. The molecule has 1 saturated carbocycles. The molecule has 2 nitrogen and oxygen atoms in total. The van der Waals surface area contributed by atoms with E-state index in [-0.39, 0.29) is 0 Å². The Hall–Kier alpha value is -1.02. The zero-order valence-electron chi connectivity index (χ0n) is 13.1. The van der Waals surface area contributed by atoms with Crippen molar-refractivity contribution in [3.8, 4) is 0 Å². The maximum atomic E-state index is 3.63. The SMILES string of the molecule is c1ccc2c(c1)CC(CN1CCC3CCCCC3C1)CN2. The highest BCUT2D eigenvalue weighted by Crippen LogP contribution is 2.36. The quantitative estimate of drug-likeness (QED) is 0.889. The largest absolute Gasteiger partial charge is 0.384 e. The highest BCUT2D eigenvalue weighted by atomic mass is 15.1. The third-order valence-electron chi connectivity index (χ3n) is 6.00. The van der Waals surface area contributed by atoms with Crippen LogP contribution in [0.4, 0.5) is 5.69 Å². The standard InChI is InChI=1S/C19H28N2/c1-2-7-18-14-21(10-9-16(18)5-1)13-15-11-17-6-3-4-8-19(17)20-12-15/h3-4,6,8,15-16,18,20H,1-2,5,7,9-14H2. The lowest BCUT2D eigenvalue weighted by atomic mass is 9.75. The minimum atomic E-state index is 0.792. The number of anilines is 1. The fourth-order valence-corrected chi connectivity index (χ4v) is 4.84. The number of benzene rings is 1. The average Bonchev–Trinajstić information content (AvgIpc) is 2.55. The van der Waals surface area contributed by atoms with Crippen molar-refractivity contribution in [3.05, 3.63) is 29.8 Å². The van der Waals surface area contributed by atoms with Gasteiger partial charge in [0.15, 0.2) is 0 Å². The first kappa shape index (κ1) is 13.6. The van der Waals surface area contributed by atoms with Gasteiger partial charge in [0, 0.05) is 25.3 Å². The van der Waals surface area contributed by atoms with Gasteiger partial charge >= 0.3 is 0 Å². The van der Waals surface area contributed by atoms with Crippen molar-refractivity contribution in [3.63, 3.8) is 0 Å². The molecule has 3 atom stereocenters. The smallest absolute Gasteiger partial charge is 0.0372 e. The van der Waals surface area contributed by atoms with E-state index in [9.17, 15) is 0 Å². The summed E-state index contributed by atoms with van der Waals surface area (Å²) in [6.45, 7) is 5.17. The van der Waals surface area contributed by atoms with Crippen molar-refractivity contribution in [1.82, 2.24) is 4.90 Å². The van der Waals surface area contributed by atoms with Crippen molar-refractivity contribution in [1.29, 1.82) is 0 Å². The summed E-state index contributed by atoms with van der Waals surface area (Å²) in [5, 5.41) is 3.63. The molecule has 21 heavy (non-hydrogen) atoms. The van der Waals surface area contributed by atoms with Crippen LogP contribution in [0.1, 0.15) is 37.7 Å². The summed E-state index contributed by atoms with van der Waals surface area (Å²) >= 11 is 0. The Morgan fingerprint density at radius 2 is 1.90 bits per heavy atom. The van der Waals surface area contributed by atoms with Crippen LogP contribution in [0.2, 0.25) is 0 Å². The average molecular weight is 284 g/mol. The summed E-state index contributed by atoms with van der Waals surface area (Å²) in [6.07, 6.45) is 8.69. The number of nitrogens with zero attached hydrogens (tertiary/aromatic N) is 1. The van der Waals surface area contributed by atoms with Crippen molar-refractivity contribution in [2.24, 2.45) is 17.8 Å². The maximum absolute atomic E-state index is 3.63. The topological polar surface area (TPSA) is 15.3 Å². The van der Waals surface area contributed by atoms with Gasteiger partial charge in [-0.2, -0.15) is 0 Å². The molecule has 1 N–H and O–H groups in total. The molecule has 4 rings (SSSR count). The molecule has 0 bridgehead atoms. The number of rotatable bonds is 2. The molecule has 2 heteroatoms. The number of nitrogens with one attached hydrogen (secondary N) is 1. The van der Waals surface area contributed by atoms with E-state index in [1.165, 1.54) is 69.4 Å². The van der Waals surface area contributed by atoms with Gasteiger partial charge in [0.2, 0.25) is 0 Å². The van der Waals surface area contributed by atoms with E-state index < -0.39 is 0 Å². The first-order valence-electron chi connectivity index (χ1n) is 8.92. The molecule has 1 aliphatic carbocycles. The van der Waals surface area contributed by atoms with Crippen LogP contribution in [0, 0.1) is 17.8 Å². The molecule has 0 radical (unpaired) electrons. The van der Waals surface area contributed by atoms with E-state index in [0.29, 0.717) is 0 Å². The molecule has 2 aliphatic heterocycles. The monoisotopic (exact) mass is 284 g/mol. The summed E-state index contributed by atoms with van der Waals surface area (Å²) in [6, 6.07) is 8.83. The first-order chi connectivity index (χ1) is 10.4. The zero-order chi connectivity index (χ0) is 14.1. The number of piperidine rings is 1. The molecular formula is C19H28N2. The van der Waals surface area contributed by atoms with Gasteiger partial charge in [-0.15, -0.1) is 0 Å². The Labute approximate surface area is 128 Å². The normalized spacial score (nSPS) is 32.9. The Kier molecular flexibility index (Phi) is 3.89. The van der Waals surface area contributed by atoms with Gasteiger partial charge in [0.1, 0.15) is 0 Å². The number of para-hydroxylation sites is 1. The molecule has 0 aromatic heterocycles. The predicted octanol–water partition coefficient (Wildman–Crippen LogP) is 3.78. The molecule has 2 heterocycles. The van der Waals surface area contributed by atoms with Crippen LogP contribution < -0.4 is 5.32 Å². The van der Waals surface area contributed by atoms with Crippen LogP contribution >= 0.6 is 0 Å². The van der Waals surface area contributed by atoms with Crippen LogP contribution in [0.15, 0.2) is 24.3 Å². The van der Waals surface area contributed by atoms with E-state index in [2.05, 4.69) is 34.5 Å². The minimum absolute atomic E-state index is 0.792. The third kappa shape index (κ3) is 2.96. The van der Waals surface area contributed by atoms with Crippen LogP contribution in [0.25, 0.3) is 0 Å². The molecular weight excluding hydrogens is 256 g/mol. The second kappa shape index (κ2) is 6.00. The van der Waals surface area contributed by atoms with Crippen LogP contribution in [0.5, 0.6) is 0 Å². The van der Waals surface area contributed by atoms with Gasteiger partial charge < -0.3 is 10.2 Å². The molecule has 1 aromatic carbocycles. The fraction of sp³-hybridized carbons (Fsp3) is 0.684. The number of hydrogen-bond acceptors (Lipinski definition) is 2. The zero-order valence-corrected chi connectivity index (χ0v) is 13.1. The van der Waals surface area contributed by atoms with Gasteiger partial charge in [-0.1, -0.05) is 37.5 Å². The van der Waals surface area contributed by atoms with E-state index in [1.54, 1.807) is 0 Å². The van der Waals surface area contributed by atoms with E-state index in [1.807, 2.05) is 0 Å². The third-order valence-corrected chi connectivity index (χ3v) is 6.00. The highest BCUT2D eigenvalue weighted by Gasteiger charge is 2.32.